The van der Waals surface area contributed by atoms with Crippen LogP contribution in [0.15, 0.2) is 18.2 Å². The summed E-state index contributed by atoms with van der Waals surface area (Å²) in [4.78, 5) is 0. The summed E-state index contributed by atoms with van der Waals surface area (Å²) in [6.45, 7) is 0. The van der Waals surface area contributed by atoms with Crippen LogP contribution in [0.1, 0.15) is 5.56 Å². The van der Waals surface area contributed by atoms with E-state index in [1.165, 1.54) is 0 Å². The molecule has 16 heavy (non-hydrogen) atoms. The molecule has 0 radical (unpaired) electrons. The van der Waals surface area contributed by atoms with E-state index in [1.807, 2.05) is 25.2 Å². The number of rotatable bonds is 5. The van der Waals surface area contributed by atoms with Crippen LogP contribution in [0, 0.1) is 12.3 Å². The first kappa shape index (κ1) is 12.4. The first-order chi connectivity index (χ1) is 7.74. The summed E-state index contributed by atoms with van der Waals surface area (Å²) in [5.74, 6) is 4.14. The van der Waals surface area contributed by atoms with Crippen molar-refractivity contribution in [1.29, 1.82) is 0 Å². The normalized spacial score (nSPS) is 11.6. The fourth-order valence-electron chi connectivity index (χ4n) is 1.49. The van der Waals surface area contributed by atoms with Gasteiger partial charge in [0, 0.05) is 0 Å². The maximum Gasteiger partial charge on any atom is 0.160 e. The van der Waals surface area contributed by atoms with Crippen molar-refractivity contribution in [2.75, 3.05) is 21.3 Å². The van der Waals surface area contributed by atoms with Crippen LogP contribution in [0.5, 0.6) is 11.5 Å². The number of nitrogens with one attached hydrogen (secondary N) is 1. The van der Waals surface area contributed by atoms with Crippen LogP contribution in [-0.2, 0) is 6.42 Å². The van der Waals surface area contributed by atoms with Gasteiger partial charge in [0.15, 0.2) is 11.5 Å². The highest BCUT2D eigenvalue weighted by Crippen LogP contribution is 2.27. The van der Waals surface area contributed by atoms with Crippen LogP contribution < -0.4 is 14.8 Å². The molecular formula is C13H17NO2. The van der Waals surface area contributed by atoms with E-state index in [2.05, 4.69) is 11.2 Å². The zero-order chi connectivity index (χ0) is 12.0. The standard InChI is InChI=1S/C13H17NO2/c1-5-11(14-2)8-10-6-7-12(15-3)13(9-10)16-4/h1,6-7,9,11,14H,8H2,2-4H3. The molecule has 86 valence electrons. The van der Waals surface area contributed by atoms with Gasteiger partial charge in [0.25, 0.3) is 0 Å². The first-order valence-electron chi connectivity index (χ1n) is 5.09. The summed E-state index contributed by atoms with van der Waals surface area (Å²) in [5.41, 5.74) is 1.12. The van der Waals surface area contributed by atoms with E-state index in [9.17, 15) is 0 Å². The molecule has 1 atom stereocenters. The van der Waals surface area contributed by atoms with E-state index in [4.69, 9.17) is 15.9 Å². The van der Waals surface area contributed by atoms with Gasteiger partial charge in [0.1, 0.15) is 0 Å². The molecule has 0 aliphatic carbocycles. The lowest BCUT2D eigenvalue weighted by Crippen LogP contribution is -2.25. The van der Waals surface area contributed by atoms with Crippen molar-refractivity contribution in [3.63, 3.8) is 0 Å². The monoisotopic (exact) mass is 219 g/mol. The topological polar surface area (TPSA) is 30.5 Å². The maximum absolute atomic E-state index is 5.39. The highest BCUT2D eigenvalue weighted by Gasteiger charge is 2.07. The van der Waals surface area contributed by atoms with Gasteiger partial charge >= 0.3 is 0 Å². The molecule has 0 amide bonds. The Morgan fingerprint density at radius 2 is 2.00 bits per heavy atom. The lowest BCUT2D eigenvalue weighted by Gasteiger charge is -2.12. The Morgan fingerprint density at radius 1 is 1.31 bits per heavy atom. The molecule has 1 aromatic carbocycles. The third-order valence-corrected chi connectivity index (χ3v) is 2.44. The van der Waals surface area contributed by atoms with Gasteiger partial charge in [-0.3, -0.25) is 0 Å². The molecule has 0 aromatic heterocycles. The molecule has 1 aromatic rings. The van der Waals surface area contributed by atoms with Gasteiger partial charge < -0.3 is 14.8 Å². The third kappa shape index (κ3) is 2.91. The van der Waals surface area contributed by atoms with Crippen molar-refractivity contribution in [3.8, 4) is 23.8 Å². The van der Waals surface area contributed by atoms with Crippen LogP contribution in [0.2, 0.25) is 0 Å². The summed E-state index contributed by atoms with van der Waals surface area (Å²) in [6, 6.07) is 5.86. The maximum atomic E-state index is 5.39. The molecule has 0 aliphatic rings. The number of ether oxygens (including phenoxy) is 2. The Bertz CT molecular complexity index is 382. The van der Waals surface area contributed by atoms with Crippen molar-refractivity contribution in [3.05, 3.63) is 23.8 Å². The molecule has 1 N–H and O–H groups in total. The fraction of sp³-hybridized carbons (Fsp3) is 0.385. The summed E-state index contributed by atoms with van der Waals surface area (Å²) in [7, 11) is 5.10. The largest absolute Gasteiger partial charge is 0.493 e. The zero-order valence-corrected chi connectivity index (χ0v) is 9.91. The summed E-state index contributed by atoms with van der Waals surface area (Å²) < 4.78 is 10.4. The minimum atomic E-state index is 0.0399. The molecular weight excluding hydrogens is 202 g/mol. The van der Waals surface area contributed by atoms with Gasteiger partial charge in [-0.1, -0.05) is 12.0 Å². The quantitative estimate of drug-likeness (QED) is 0.761. The SMILES string of the molecule is C#CC(Cc1ccc(OC)c(OC)c1)NC. The Balaban J connectivity index is 2.87. The second-order valence-electron chi connectivity index (χ2n) is 3.40. The molecule has 0 fully saturated rings. The lowest BCUT2D eigenvalue weighted by atomic mass is 10.1. The number of likely N-dealkylation sites (N-methyl/N-ethyl adjacent to an activating group) is 1. The second kappa shape index (κ2) is 6.04. The minimum Gasteiger partial charge on any atom is -0.493 e. The Kier molecular flexibility index (Phi) is 4.68. The van der Waals surface area contributed by atoms with Crippen molar-refractivity contribution < 1.29 is 9.47 Å². The van der Waals surface area contributed by atoms with E-state index in [1.54, 1.807) is 14.2 Å². The molecule has 0 saturated heterocycles. The Hall–Kier alpha value is -1.66. The molecule has 1 rings (SSSR count). The molecule has 0 spiro atoms. The smallest absolute Gasteiger partial charge is 0.160 e. The highest BCUT2D eigenvalue weighted by molar-refractivity contribution is 5.43. The average Bonchev–Trinajstić information content (AvgIpc) is 2.35. The van der Waals surface area contributed by atoms with Crippen molar-refractivity contribution >= 4 is 0 Å². The molecule has 3 nitrogen and oxygen atoms in total. The summed E-state index contributed by atoms with van der Waals surface area (Å²) >= 11 is 0. The molecule has 3 heteroatoms. The molecule has 1 unspecified atom stereocenters. The zero-order valence-electron chi connectivity index (χ0n) is 9.91. The molecule has 0 aliphatic heterocycles. The van der Waals surface area contributed by atoms with Crippen LogP contribution in [0.3, 0.4) is 0 Å². The lowest BCUT2D eigenvalue weighted by molar-refractivity contribution is 0.354. The Morgan fingerprint density at radius 3 is 2.50 bits per heavy atom. The Labute approximate surface area is 96.8 Å². The van der Waals surface area contributed by atoms with Crippen molar-refractivity contribution in [1.82, 2.24) is 5.32 Å². The predicted molar refractivity (Wildman–Crippen MR) is 64.9 cm³/mol. The van der Waals surface area contributed by atoms with Crippen molar-refractivity contribution in [2.45, 2.75) is 12.5 Å². The van der Waals surface area contributed by atoms with Gasteiger partial charge in [-0.2, -0.15) is 0 Å². The number of terminal acetylenes is 1. The number of hydrogen-bond acceptors (Lipinski definition) is 3. The average molecular weight is 219 g/mol. The predicted octanol–water partition coefficient (Wildman–Crippen LogP) is 1.47. The minimum absolute atomic E-state index is 0.0399. The van der Waals surface area contributed by atoms with E-state index in [0.29, 0.717) is 0 Å². The molecule has 0 saturated carbocycles. The van der Waals surface area contributed by atoms with Crippen LogP contribution in [0.4, 0.5) is 0 Å². The van der Waals surface area contributed by atoms with Crippen LogP contribution in [0.25, 0.3) is 0 Å². The van der Waals surface area contributed by atoms with Gasteiger partial charge in [0.05, 0.1) is 20.3 Å². The molecule has 0 bridgehead atoms. The third-order valence-electron chi connectivity index (χ3n) is 2.44. The van der Waals surface area contributed by atoms with E-state index >= 15 is 0 Å². The van der Waals surface area contributed by atoms with Crippen LogP contribution in [-0.4, -0.2) is 27.3 Å². The highest BCUT2D eigenvalue weighted by atomic mass is 16.5. The van der Waals surface area contributed by atoms with Gasteiger partial charge in [-0.25, -0.2) is 0 Å². The van der Waals surface area contributed by atoms with Crippen LogP contribution >= 0.6 is 0 Å². The summed E-state index contributed by atoms with van der Waals surface area (Å²) in [6.07, 6.45) is 6.16. The van der Waals surface area contributed by atoms with Gasteiger partial charge in [-0.15, -0.1) is 6.42 Å². The number of methoxy groups -OCH3 is 2. The van der Waals surface area contributed by atoms with E-state index in [0.717, 1.165) is 23.5 Å². The van der Waals surface area contributed by atoms with E-state index in [-0.39, 0.29) is 6.04 Å². The number of hydrogen-bond donors (Lipinski definition) is 1. The summed E-state index contributed by atoms with van der Waals surface area (Å²) in [5, 5.41) is 3.06. The van der Waals surface area contributed by atoms with Gasteiger partial charge in [0.2, 0.25) is 0 Å². The fourth-order valence-corrected chi connectivity index (χ4v) is 1.49. The number of benzene rings is 1. The van der Waals surface area contributed by atoms with Gasteiger partial charge in [-0.05, 0) is 31.2 Å². The molecule has 0 heterocycles. The second-order valence-corrected chi connectivity index (χ2v) is 3.40. The van der Waals surface area contributed by atoms with E-state index < -0.39 is 0 Å². The first-order valence-corrected chi connectivity index (χ1v) is 5.09. The van der Waals surface area contributed by atoms with Crippen molar-refractivity contribution in [2.24, 2.45) is 0 Å².